The molecule has 0 saturated heterocycles. The molecule has 0 rings (SSSR count). The summed E-state index contributed by atoms with van der Waals surface area (Å²) in [5.41, 5.74) is 0. The van der Waals surface area contributed by atoms with Crippen molar-refractivity contribution in [1.82, 2.24) is 0 Å². The van der Waals surface area contributed by atoms with E-state index in [4.69, 9.17) is 0 Å². The summed E-state index contributed by atoms with van der Waals surface area (Å²) in [5.74, 6) is 0. The van der Waals surface area contributed by atoms with E-state index in [1.54, 1.807) is 0 Å². The first-order chi connectivity index (χ1) is 3.31. The van der Waals surface area contributed by atoms with Gasteiger partial charge in [-0.2, -0.15) is 0 Å². The van der Waals surface area contributed by atoms with Gasteiger partial charge in [-0.15, -0.1) is 0 Å². The summed E-state index contributed by atoms with van der Waals surface area (Å²) in [6.07, 6.45) is 2.40. The average Bonchev–Trinajstić information content (AvgIpc) is 1.68. The van der Waals surface area contributed by atoms with Crippen LogP contribution in [0.4, 0.5) is 0 Å². The Kier molecular flexibility index (Phi) is 4.68. The molecule has 0 radical (unpaired) electrons. The van der Waals surface area contributed by atoms with Crippen molar-refractivity contribution in [2.75, 3.05) is 0 Å². The van der Waals surface area contributed by atoms with Crippen LogP contribution >= 0.6 is 0 Å². The summed E-state index contributed by atoms with van der Waals surface area (Å²) in [4.78, 5) is 0. The number of hydrogen-bond donors (Lipinski definition) is 0. The third-order valence-corrected chi connectivity index (χ3v) is 1.39. The van der Waals surface area contributed by atoms with Gasteiger partial charge < -0.3 is 0 Å². The summed E-state index contributed by atoms with van der Waals surface area (Å²) in [5, 5.41) is 0. The van der Waals surface area contributed by atoms with Gasteiger partial charge in [0, 0.05) is 0 Å². The average molecular weight is 140 g/mol. The molecule has 0 aromatic carbocycles. The fourth-order valence-corrected chi connectivity index (χ4v) is 0.619. The first kappa shape index (κ1) is 7.32. The monoisotopic (exact) mass is 140 g/mol. The molecule has 43 valence electrons. The molecule has 2 heteroatoms. The molecule has 1 atom stereocenters. The predicted octanol–water partition coefficient (Wildman–Crippen LogP) is 1.91. The van der Waals surface area contributed by atoms with Crippen molar-refractivity contribution in [3.63, 3.8) is 0 Å². The molecular weight excluding hydrogens is 129 g/mol. The van der Waals surface area contributed by atoms with E-state index in [9.17, 15) is 0 Å². The molecule has 0 aliphatic heterocycles. The van der Waals surface area contributed by atoms with E-state index in [1.807, 2.05) is 0 Å². The summed E-state index contributed by atoms with van der Waals surface area (Å²) in [6, 6.07) is 0.491. The van der Waals surface area contributed by atoms with Crippen LogP contribution in [0.3, 0.4) is 0 Å². The van der Waals surface area contributed by atoms with E-state index < -0.39 is 0 Å². The summed E-state index contributed by atoms with van der Waals surface area (Å²) >= 11 is 3.04. The zero-order valence-electron chi connectivity index (χ0n) is 4.82. The van der Waals surface area contributed by atoms with Gasteiger partial charge in [-0.25, -0.2) is 0 Å². The van der Waals surface area contributed by atoms with Crippen molar-refractivity contribution in [2.24, 2.45) is 3.96 Å². The zero-order chi connectivity index (χ0) is 5.70. The first-order valence-electron chi connectivity index (χ1n) is 2.62. The second kappa shape index (κ2) is 4.48. The van der Waals surface area contributed by atoms with Crippen molar-refractivity contribution in [1.29, 1.82) is 0 Å². The van der Waals surface area contributed by atoms with Gasteiger partial charge in [-0.1, -0.05) is 0 Å². The van der Waals surface area contributed by atoms with Crippen molar-refractivity contribution < 1.29 is 15.8 Å². The van der Waals surface area contributed by atoms with Crippen LogP contribution in [0.25, 0.3) is 0 Å². The van der Waals surface area contributed by atoms with Gasteiger partial charge in [0.1, 0.15) is 0 Å². The van der Waals surface area contributed by atoms with Crippen LogP contribution in [-0.4, -0.2) is 6.04 Å². The Morgan fingerprint density at radius 3 is 2.43 bits per heavy atom. The van der Waals surface area contributed by atoms with E-state index >= 15 is 0 Å². The van der Waals surface area contributed by atoms with Crippen molar-refractivity contribution >= 4 is 0 Å². The molecule has 0 N–H and O–H groups in total. The van der Waals surface area contributed by atoms with Crippen molar-refractivity contribution in [3.8, 4) is 0 Å². The first-order valence-corrected chi connectivity index (χ1v) is 3.15. The third kappa shape index (κ3) is 4.17. The fraction of sp³-hybridized carbons (Fsp3) is 1.00. The van der Waals surface area contributed by atoms with Gasteiger partial charge in [-0.05, 0) is 0 Å². The molecule has 1 nitrogen and oxygen atoms in total. The minimum atomic E-state index is 0.491. The van der Waals surface area contributed by atoms with Crippen LogP contribution in [0.15, 0.2) is 3.96 Å². The van der Waals surface area contributed by atoms with E-state index in [-0.39, 0.29) is 0 Å². The summed E-state index contributed by atoms with van der Waals surface area (Å²) in [7, 11) is 0. The van der Waals surface area contributed by atoms with E-state index in [1.165, 1.54) is 12.8 Å². The molecule has 0 bridgehead atoms. The molecule has 1 unspecified atom stereocenters. The number of nitrogens with zero attached hydrogens (tertiary/aromatic N) is 1. The minimum absolute atomic E-state index is 0.491. The molecule has 0 spiro atoms. The molecular formula is C5H11MnN. The second-order valence-corrected chi connectivity index (χ2v) is 2.04. The normalized spacial score (nSPS) is 13.4. The molecule has 0 aliphatic carbocycles. The van der Waals surface area contributed by atoms with Crippen LogP contribution in [0.2, 0.25) is 0 Å². The molecule has 0 fully saturated rings. The van der Waals surface area contributed by atoms with Crippen LogP contribution in [-0.2, 0) is 15.8 Å². The maximum absolute atomic E-state index is 3.89. The quantitative estimate of drug-likeness (QED) is 0.531. The van der Waals surface area contributed by atoms with E-state index in [2.05, 4.69) is 33.6 Å². The summed E-state index contributed by atoms with van der Waals surface area (Å²) in [6.45, 7) is 4.26. The van der Waals surface area contributed by atoms with Crippen molar-refractivity contribution in [2.45, 2.75) is 32.7 Å². The Bertz CT molecular complexity index is 54.0. The number of rotatable bonds is 3. The molecule has 7 heavy (non-hydrogen) atoms. The van der Waals surface area contributed by atoms with E-state index in [0.717, 1.165) is 0 Å². The molecule has 0 saturated carbocycles. The second-order valence-electron chi connectivity index (χ2n) is 1.74. The Labute approximate surface area is 53.1 Å². The third-order valence-electron chi connectivity index (χ3n) is 0.873. The predicted molar refractivity (Wildman–Crippen MR) is 26.8 cm³/mol. The Balaban J connectivity index is 2.98. The Morgan fingerprint density at radius 1 is 1.71 bits per heavy atom. The SMILES string of the molecule is CCCC(C)[N]=[Mn]. The van der Waals surface area contributed by atoms with Gasteiger partial charge in [0.05, 0.1) is 0 Å². The van der Waals surface area contributed by atoms with Crippen LogP contribution in [0.5, 0.6) is 0 Å². The molecule has 0 aliphatic rings. The zero-order valence-corrected chi connectivity index (χ0v) is 6.00. The number of hydrogen-bond acceptors (Lipinski definition) is 1. The van der Waals surface area contributed by atoms with Gasteiger partial charge in [0.25, 0.3) is 0 Å². The van der Waals surface area contributed by atoms with Gasteiger partial charge >= 0.3 is 52.5 Å². The van der Waals surface area contributed by atoms with Gasteiger partial charge in [0.15, 0.2) is 0 Å². The van der Waals surface area contributed by atoms with Crippen molar-refractivity contribution in [3.05, 3.63) is 0 Å². The Morgan fingerprint density at radius 2 is 2.29 bits per heavy atom. The van der Waals surface area contributed by atoms with Crippen LogP contribution < -0.4 is 0 Å². The Hall–Kier alpha value is 0.319. The van der Waals surface area contributed by atoms with Crippen LogP contribution in [0, 0.1) is 0 Å². The van der Waals surface area contributed by atoms with Gasteiger partial charge in [-0.3, -0.25) is 0 Å². The standard InChI is InChI=1S/C5H11N.Mn/c1-3-4-5(2)6;/h5H,3-4H2,1-2H3;. The fourth-order valence-electron chi connectivity index (χ4n) is 0.467. The molecule has 0 aromatic rings. The summed E-state index contributed by atoms with van der Waals surface area (Å²) < 4.78 is 3.89. The van der Waals surface area contributed by atoms with E-state index in [0.29, 0.717) is 6.04 Å². The molecule has 0 aromatic heterocycles. The maximum atomic E-state index is 3.89. The molecule has 0 amide bonds. The molecule has 0 heterocycles. The topological polar surface area (TPSA) is 12.4 Å². The van der Waals surface area contributed by atoms with Gasteiger partial charge in [0.2, 0.25) is 0 Å². The van der Waals surface area contributed by atoms with Crippen LogP contribution in [0.1, 0.15) is 26.7 Å².